The van der Waals surface area contributed by atoms with E-state index in [-0.39, 0.29) is 5.69 Å². The van der Waals surface area contributed by atoms with Gasteiger partial charge in [-0.15, -0.1) is 0 Å². The molecule has 7 heteroatoms. The van der Waals surface area contributed by atoms with E-state index < -0.39 is 27.8 Å². The van der Waals surface area contributed by atoms with E-state index in [2.05, 4.69) is 5.32 Å². The van der Waals surface area contributed by atoms with Crippen LogP contribution in [0.3, 0.4) is 0 Å². The molecule has 2 aromatic rings. The maximum Gasteiger partial charge on any atom is 0.247 e. The van der Waals surface area contributed by atoms with Gasteiger partial charge in [0.1, 0.15) is 11.9 Å². The van der Waals surface area contributed by atoms with Gasteiger partial charge < -0.3 is 5.32 Å². The molecule has 2 rings (SSSR count). The Hall–Kier alpha value is -2.41. The summed E-state index contributed by atoms with van der Waals surface area (Å²) in [6.07, 6.45) is 1.86. The Kier molecular flexibility index (Phi) is 5.79. The number of hydrogen-bond acceptors (Lipinski definition) is 3. The molecule has 1 amide bonds. The van der Waals surface area contributed by atoms with Crippen molar-refractivity contribution in [3.8, 4) is 0 Å². The van der Waals surface area contributed by atoms with Crippen molar-refractivity contribution >= 4 is 27.3 Å². The van der Waals surface area contributed by atoms with Gasteiger partial charge in [-0.25, -0.2) is 12.8 Å². The number of nitrogens with zero attached hydrogens (tertiary/aromatic N) is 1. The van der Waals surface area contributed by atoms with Gasteiger partial charge >= 0.3 is 0 Å². The molecule has 2 aromatic carbocycles. The minimum absolute atomic E-state index is 0.103. The van der Waals surface area contributed by atoms with Crippen molar-refractivity contribution in [2.75, 3.05) is 15.9 Å². The van der Waals surface area contributed by atoms with Crippen LogP contribution in [0.15, 0.2) is 48.5 Å². The smallest absolute Gasteiger partial charge is 0.247 e. The van der Waals surface area contributed by atoms with Crippen LogP contribution in [-0.2, 0) is 21.2 Å². The van der Waals surface area contributed by atoms with E-state index >= 15 is 0 Å². The Labute approximate surface area is 147 Å². The molecule has 0 bridgehead atoms. The first-order valence-corrected chi connectivity index (χ1v) is 9.72. The maximum atomic E-state index is 13.5. The number of halogens is 1. The minimum atomic E-state index is -3.78. The number of aryl methyl sites for hydroxylation is 1. The molecule has 0 heterocycles. The molecule has 134 valence electrons. The van der Waals surface area contributed by atoms with E-state index in [0.29, 0.717) is 5.69 Å². The van der Waals surface area contributed by atoms with Crippen molar-refractivity contribution in [1.29, 1.82) is 0 Å². The van der Waals surface area contributed by atoms with E-state index in [1.165, 1.54) is 25.1 Å². The van der Waals surface area contributed by atoms with Gasteiger partial charge in [0.05, 0.1) is 11.9 Å². The van der Waals surface area contributed by atoms with Crippen LogP contribution < -0.4 is 9.62 Å². The lowest BCUT2D eigenvalue weighted by Crippen LogP contribution is -2.45. The number of nitrogens with one attached hydrogen (secondary N) is 1. The molecule has 0 spiro atoms. The van der Waals surface area contributed by atoms with Crippen molar-refractivity contribution in [3.05, 3.63) is 59.9 Å². The summed E-state index contributed by atoms with van der Waals surface area (Å²) in [4.78, 5) is 12.5. The van der Waals surface area contributed by atoms with Crippen molar-refractivity contribution in [2.24, 2.45) is 0 Å². The molecule has 0 aliphatic carbocycles. The van der Waals surface area contributed by atoms with Gasteiger partial charge in [0.2, 0.25) is 15.9 Å². The molecule has 0 aromatic heterocycles. The second-order valence-electron chi connectivity index (χ2n) is 5.75. The molecule has 0 fully saturated rings. The van der Waals surface area contributed by atoms with Crippen LogP contribution in [0.25, 0.3) is 0 Å². The number of benzene rings is 2. The Balaban J connectivity index is 2.26. The lowest BCUT2D eigenvalue weighted by atomic mass is 10.1. The average Bonchev–Trinajstić information content (AvgIpc) is 2.54. The highest BCUT2D eigenvalue weighted by atomic mass is 32.2. The van der Waals surface area contributed by atoms with E-state index in [4.69, 9.17) is 0 Å². The van der Waals surface area contributed by atoms with Gasteiger partial charge in [0, 0.05) is 5.69 Å². The van der Waals surface area contributed by atoms with Crippen LogP contribution in [0.4, 0.5) is 15.8 Å². The summed E-state index contributed by atoms with van der Waals surface area (Å²) in [5, 5.41) is 2.69. The highest BCUT2D eigenvalue weighted by Crippen LogP contribution is 2.22. The Morgan fingerprint density at radius 2 is 1.84 bits per heavy atom. The van der Waals surface area contributed by atoms with Crippen molar-refractivity contribution in [1.82, 2.24) is 0 Å². The third kappa shape index (κ3) is 4.79. The summed E-state index contributed by atoms with van der Waals surface area (Å²) in [6.45, 7) is 3.49. The summed E-state index contributed by atoms with van der Waals surface area (Å²) in [6, 6.07) is 11.4. The Bertz CT molecular complexity index is 851. The SMILES string of the molecule is CCc1ccc(NC(=O)[C@H](C)N(c2cccc(F)c2)S(C)(=O)=O)cc1. The zero-order chi connectivity index (χ0) is 18.6. The third-order valence-corrected chi connectivity index (χ3v) is 5.02. The van der Waals surface area contributed by atoms with Crippen LogP contribution in [-0.4, -0.2) is 26.6 Å². The number of rotatable bonds is 6. The predicted molar refractivity (Wildman–Crippen MR) is 97.6 cm³/mol. The topological polar surface area (TPSA) is 66.5 Å². The fourth-order valence-electron chi connectivity index (χ4n) is 2.49. The van der Waals surface area contributed by atoms with Crippen LogP contribution in [0, 0.1) is 5.82 Å². The van der Waals surface area contributed by atoms with Gasteiger partial charge in [-0.05, 0) is 49.2 Å². The fourth-order valence-corrected chi connectivity index (χ4v) is 3.66. The monoisotopic (exact) mass is 364 g/mol. The normalized spacial score (nSPS) is 12.5. The first-order valence-electron chi connectivity index (χ1n) is 7.87. The summed E-state index contributed by atoms with van der Waals surface area (Å²) >= 11 is 0. The zero-order valence-electron chi connectivity index (χ0n) is 14.4. The molecule has 0 saturated carbocycles. The molecular formula is C18H21FN2O3S. The van der Waals surface area contributed by atoms with Gasteiger partial charge in [0.25, 0.3) is 0 Å². The zero-order valence-corrected chi connectivity index (χ0v) is 15.2. The van der Waals surface area contributed by atoms with Crippen molar-refractivity contribution < 1.29 is 17.6 Å². The average molecular weight is 364 g/mol. The lowest BCUT2D eigenvalue weighted by Gasteiger charge is -2.28. The first-order chi connectivity index (χ1) is 11.7. The summed E-state index contributed by atoms with van der Waals surface area (Å²) < 4.78 is 38.7. The van der Waals surface area contributed by atoms with Crippen LogP contribution >= 0.6 is 0 Å². The molecule has 0 aliphatic rings. The molecule has 25 heavy (non-hydrogen) atoms. The molecule has 0 saturated heterocycles. The lowest BCUT2D eigenvalue weighted by molar-refractivity contribution is -0.116. The number of hydrogen-bond donors (Lipinski definition) is 1. The van der Waals surface area contributed by atoms with E-state index in [1.807, 2.05) is 19.1 Å². The Morgan fingerprint density at radius 3 is 2.36 bits per heavy atom. The highest BCUT2D eigenvalue weighted by molar-refractivity contribution is 7.92. The predicted octanol–water partition coefficient (Wildman–Crippen LogP) is 3.18. The minimum Gasteiger partial charge on any atom is -0.324 e. The third-order valence-electron chi connectivity index (χ3n) is 3.78. The summed E-state index contributed by atoms with van der Waals surface area (Å²) in [5.74, 6) is -1.08. The van der Waals surface area contributed by atoms with Crippen molar-refractivity contribution in [2.45, 2.75) is 26.3 Å². The number of carbonyl (C=O) groups is 1. The molecule has 0 aliphatic heterocycles. The first kappa shape index (κ1) is 18.9. The molecular weight excluding hydrogens is 343 g/mol. The molecule has 5 nitrogen and oxygen atoms in total. The quantitative estimate of drug-likeness (QED) is 0.856. The second kappa shape index (κ2) is 7.65. The van der Waals surface area contributed by atoms with Crippen LogP contribution in [0.5, 0.6) is 0 Å². The number of carbonyl (C=O) groups excluding carboxylic acids is 1. The summed E-state index contributed by atoms with van der Waals surface area (Å²) in [7, 11) is -3.78. The highest BCUT2D eigenvalue weighted by Gasteiger charge is 2.29. The number of sulfonamides is 1. The van der Waals surface area contributed by atoms with Crippen molar-refractivity contribution in [3.63, 3.8) is 0 Å². The van der Waals surface area contributed by atoms with Gasteiger partial charge in [0.15, 0.2) is 0 Å². The van der Waals surface area contributed by atoms with Crippen LogP contribution in [0.2, 0.25) is 0 Å². The fraction of sp³-hybridized carbons (Fsp3) is 0.278. The number of amides is 1. The standard InChI is InChI=1S/C18H21FN2O3S/c1-4-14-8-10-16(11-9-14)20-18(22)13(2)21(25(3,23)24)17-7-5-6-15(19)12-17/h5-13H,4H2,1-3H3,(H,20,22)/t13-/m0/s1. The largest absolute Gasteiger partial charge is 0.324 e. The Morgan fingerprint density at radius 1 is 1.20 bits per heavy atom. The van der Waals surface area contributed by atoms with Crippen LogP contribution in [0.1, 0.15) is 19.4 Å². The van der Waals surface area contributed by atoms with Gasteiger partial charge in [-0.3, -0.25) is 9.10 Å². The second-order valence-corrected chi connectivity index (χ2v) is 7.61. The van der Waals surface area contributed by atoms with E-state index in [9.17, 15) is 17.6 Å². The van der Waals surface area contributed by atoms with E-state index in [0.717, 1.165) is 28.6 Å². The van der Waals surface area contributed by atoms with Gasteiger partial charge in [-0.2, -0.15) is 0 Å². The maximum absolute atomic E-state index is 13.5. The number of anilines is 2. The molecule has 1 N–H and O–H groups in total. The molecule has 0 unspecified atom stereocenters. The molecule has 1 atom stereocenters. The summed E-state index contributed by atoms with van der Waals surface area (Å²) in [5.41, 5.74) is 1.80. The van der Waals surface area contributed by atoms with E-state index in [1.54, 1.807) is 12.1 Å². The molecule has 0 radical (unpaired) electrons. The van der Waals surface area contributed by atoms with Gasteiger partial charge in [-0.1, -0.05) is 25.1 Å².